The Hall–Kier alpha value is -1.04. The highest BCUT2D eigenvalue weighted by Crippen LogP contribution is 2.15. The Bertz CT molecular complexity index is 688. The second-order valence-electron chi connectivity index (χ2n) is 5.18. The molecule has 3 rings (SSSR count). The summed E-state index contributed by atoms with van der Waals surface area (Å²) in [5.41, 5.74) is 2.56. The predicted octanol–water partition coefficient (Wildman–Crippen LogP) is -4.36. The molecule has 0 aliphatic heterocycles. The van der Waals surface area contributed by atoms with Gasteiger partial charge >= 0.3 is 10.3 Å². The Kier molecular flexibility index (Phi) is 13.8. The van der Waals surface area contributed by atoms with Crippen LogP contribution in [0.5, 0.6) is 0 Å². The molecule has 0 fully saturated rings. The number of nitrogens with one attached hydrogen (secondary N) is 4. The molecule has 0 atom stereocenters. The molecule has 26 heavy (non-hydrogen) atoms. The van der Waals surface area contributed by atoms with Gasteiger partial charge in [0.1, 0.15) is 25.5 Å². The van der Waals surface area contributed by atoms with Gasteiger partial charge in [-0.25, -0.2) is 9.97 Å². The van der Waals surface area contributed by atoms with Crippen LogP contribution in [-0.4, -0.2) is 11.0 Å². The van der Waals surface area contributed by atoms with Gasteiger partial charge in [0, 0.05) is 9.75 Å². The number of benzene rings is 1. The summed E-state index contributed by atoms with van der Waals surface area (Å²) in [7, 11) is 0. The average molecular weight is 528 g/mol. The van der Waals surface area contributed by atoms with Gasteiger partial charge in [0.05, 0.1) is 0 Å². The van der Waals surface area contributed by atoms with Gasteiger partial charge in [-0.05, 0) is 25.0 Å². The second-order valence-corrected chi connectivity index (χ2v) is 7.70. The van der Waals surface area contributed by atoms with Gasteiger partial charge in [0.25, 0.3) is 0 Å². The van der Waals surface area contributed by atoms with Gasteiger partial charge in [-0.3, -0.25) is 10.6 Å². The zero-order valence-corrected chi connectivity index (χ0v) is 19.3. The lowest BCUT2D eigenvalue weighted by atomic mass is 10.1. The van der Waals surface area contributed by atoms with Crippen molar-refractivity contribution in [3.05, 3.63) is 57.5 Å². The maximum absolute atomic E-state index is 3.41. The van der Waals surface area contributed by atoms with Crippen LogP contribution in [0.15, 0.2) is 36.7 Å². The van der Waals surface area contributed by atoms with Crippen LogP contribution in [-0.2, 0) is 13.1 Å². The summed E-state index contributed by atoms with van der Waals surface area (Å²) in [5.74, 6) is 0. The molecular formula is C16H24Br2N4O2S2. The molecule has 0 saturated carbocycles. The Labute approximate surface area is 182 Å². The van der Waals surface area contributed by atoms with E-state index in [1.54, 1.807) is 22.7 Å². The Morgan fingerprint density at radius 1 is 0.731 bits per heavy atom. The fraction of sp³-hybridized carbons (Fsp3) is 0.250. The summed E-state index contributed by atoms with van der Waals surface area (Å²) in [6.45, 7) is 5.87. The van der Waals surface area contributed by atoms with E-state index in [-0.39, 0.29) is 44.9 Å². The molecule has 0 spiro atoms. The van der Waals surface area contributed by atoms with Crippen molar-refractivity contribution >= 4 is 32.9 Å². The molecule has 0 amide bonds. The van der Waals surface area contributed by atoms with Crippen LogP contribution in [0.1, 0.15) is 20.9 Å². The van der Waals surface area contributed by atoms with E-state index in [1.165, 1.54) is 20.9 Å². The number of aromatic nitrogens is 2. The lowest BCUT2D eigenvalue weighted by Crippen LogP contribution is -3.00. The quantitative estimate of drug-likeness (QED) is 0.337. The van der Waals surface area contributed by atoms with Crippen LogP contribution >= 0.6 is 22.7 Å². The molecule has 0 saturated heterocycles. The van der Waals surface area contributed by atoms with Crippen molar-refractivity contribution in [3.8, 4) is 0 Å². The molecule has 8 N–H and O–H groups in total. The highest BCUT2D eigenvalue weighted by atomic mass is 79.9. The molecule has 0 bridgehead atoms. The first-order valence-corrected chi connectivity index (χ1v) is 8.84. The molecule has 10 heteroatoms. The summed E-state index contributed by atoms with van der Waals surface area (Å²) in [6.07, 6.45) is 4.04. The second kappa shape index (κ2) is 13.2. The molecule has 1 aromatic carbocycles. The molecule has 0 radical (unpaired) electrons. The minimum Gasteiger partial charge on any atom is -1.00 e. The molecule has 0 aliphatic carbocycles. The summed E-state index contributed by atoms with van der Waals surface area (Å²) in [5, 5.41) is 9.02. The third-order valence-corrected chi connectivity index (χ3v) is 5.08. The van der Waals surface area contributed by atoms with Gasteiger partial charge in [-0.15, -0.1) is 0 Å². The number of halogens is 2. The zero-order chi connectivity index (χ0) is 15.4. The summed E-state index contributed by atoms with van der Waals surface area (Å²) >= 11 is 3.48. The Balaban J connectivity index is 0. The third kappa shape index (κ3) is 8.11. The maximum Gasteiger partial charge on any atom is 0.332 e. The Morgan fingerprint density at radius 3 is 1.35 bits per heavy atom. The first kappa shape index (κ1) is 27.2. The van der Waals surface area contributed by atoms with Crippen LogP contribution in [0.2, 0.25) is 0 Å². The van der Waals surface area contributed by atoms with Crippen LogP contribution < -0.4 is 54.6 Å². The SMILES string of the molecule is Cc1c[nH+]c(NCc2ccc(CNc3[nH+]cc(C)s3)cc2)s1.O.O.[Br-].[Br-]. The van der Waals surface area contributed by atoms with Crippen LogP contribution in [0.4, 0.5) is 10.3 Å². The van der Waals surface area contributed by atoms with Gasteiger partial charge < -0.3 is 44.9 Å². The number of thiazole rings is 2. The van der Waals surface area contributed by atoms with Gasteiger partial charge in [0.2, 0.25) is 0 Å². The molecule has 2 aromatic heterocycles. The third-order valence-electron chi connectivity index (χ3n) is 3.27. The maximum atomic E-state index is 3.41. The van der Waals surface area contributed by atoms with E-state index in [4.69, 9.17) is 0 Å². The molecular weight excluding hydrogens is 504 g/mol. The van der Waals surface area contributed by atoms with E-state index in [0.29, 0.717) is 0 Å². The van der Waals surface area contributed by atoms with Gasteiger partial charge in [-0.1, -0.05) is 46.9 Å². The molecule has 146 valence electrons. The van der Waals surface area contributed by atoms with Crippen molar-refractivity contribution in [2.75, 3.05) is 10.6 Å². The standard InChI is InChI=1S/C16H18N4S2.2BrH.2H2O/c1-11-7-17-15(21-11)19-9-13-3-5-14(6-4-13)10-20-16-18-8-12(2)22-16;;;;/h3-8H,9-10H2,1-2H3,(H,17,19)(H,18,20);2*1H;2*1H2. The Morgan fingerprint density at radius 2 is 1.08 bits per heavy atom. The lowest BCUT2D eigenvalue weighted by Gasteiger charge is -2.01. The number of hydrogen-bond acceptors (Lipinski definition) is 4. The van der Waals surface area contributed by atoms with Crippen molar-refractivity contribution in [2.45, 2.75) is 26.9 Å². The number of hydrogen-bond donors (Lipinski definition) is 2. The van der Waals surface area contributed by atoms with Gasteiger partial charge in [-0.2, -0.15) is 0 Å². The topological polar surface area (TPSA) is 115 Å². The van der Waals surface area contributed by atoms with E-state index in [2.05, 4.69) is 58.7 Å². The summed E-state index contributed by atoms with van der Waals surface area (Å²) in [4.78, 5) is 9.01. The average Bonchev–Trinajstić information content (AvgIpc) is 3.12. The fourth-order valence-electron chi connectivity index (χ4n) is 2.09. The highest BCUT2D eigenvalue weighted by Gasteiger charge is 2.07. The minimum atomic E-state index is 0. The first-order chi connectivity index (χ1) is 10.7. The molecule has 6 nitrogen and oxygen atoms in total. The highest BCUT2D eigenvalue weighted by molar-refractivity contribution is 7.15. The number of aromatic amines is 2. The number of anilines is 2. The first-order valence-electron chi connectivity index (χ1n) is 7.21. The van der Waals surface area contributed by atoms with Crippen molar-refractivity contribution in [2.24, 2.45) is 0 Å². The summed E-state index contributed by atoms with van der Waals surface area (Å²) < 4.78 is 0. The summed E-state index contributed by atoms with van der Waals surface area (Å²) in [6, 6.07) is 8.70. The van der Waals surface area contributed by atoms with Crippen molar-refractivity contribution in [3.63, 3.8) is 0 Å². The van der Waals surface area contributed by atoms with Crippen LogP contribution in [0.25, 0.3) is 0 Å². The largest absolute Gasteiger partial charge is 1.00 e. The molecule has 2 heterocycles. The van der Waals surface area contributed by atoms with E-state index >= 15 is 0 Å². The predicted molar refractivity (Wildman–Crippen MR) is 99.5 cm³/mol. The van der Waals surface area contributed by atoms with Crippen molar-refractivity contribution < 1.29 is 54.9 Å². The zero-order valence-electron chi connectivity index (χ0n) is 14.5. The van der Waals surface area contributed by atoms with E-state index in [0.717, 1.165) is 23.4 Å². The lowest BCUT2D eigenvalue weighted by molar-refractivity contribution is -0.355. The van der Waals surface area contributed by atoms with Gasteiger partial charge in [0.15, 0.2) is 0 Å². The fourth-order valence-corrected chi connectivity index (χ4v) is 3.49. The smallest absolute Gasteiger partial charge is 0.332 e. The molecule has 0 unspecified atom stereocenters. The number of aryl methyl sites for hydroxylation is 2. The monoisotopic (exact) mass is 526 g/mol. The van der Waals surface area contributed by atoms with E-state index in [9.17, 15) is 0 Å². The normalized spacial score (nSPS) is 9.00. The minimum absolute atomic E-state index is 0. The molecule has 0 aliphatic rings. The number of rotatable bonds is 6. The van der Waals surface area contributed by atoms with Crippen LogP contribution in [0, 0.1) is 13.8 Å². The van der Waals surface area contributed by atoms with E-state index in [1.807, 2.05) is 12.4 Å². The van der Waals surface area contributed by atoms with Crippen molar-refractivity contribution in [1.29, 1.82) is 0 Å². The molecule has 3 aromatic rings. The van der Waals surface area contributed by atoms with E-state index < -0.39 is 0 Å². The van der Waals surface area contributed by atoms with Crippen LogP contribution in [0.3, 0.4) is 0 Å². The van der Waals surface area contributed by atoms with Crippen molar-refractivity contribution in [1.82, 2.24) is 0 Å². The number of H-pyrrole nitrogens is 2.